The van der Waals surface area contributed by atoms with Gasteiger partial charge in [0, 0.05) is 49.4 Å². The van der Waals surface area contributed by atoms with E-state index in [1.54, 1.807) is 29.6 Å². The highest BCUT2D eigenvalue weighted by Gasteiger charge is 2.61. The van der Waals surface area contributed by atoms with Crippen LogP contribution in [0.25, 0.3) is 0 Å². The number of carbonyl (C=O) groups is 1. The van der Waals surface area contributed by atoms with Crippen LogP contribution in [0, 0.1) is 5.41 Å². The van der Waals surface area contributed by atoms with Crippen LogP contribution >= 0.6 is 0 Å². The third kappa shape index (κ3) is 2.43. The van der Waals surface area contributed by atoms with Gasteiger partial charge in [-0.25, -0.2) is 8.42 Å². The molecule has 3 aliphatic rings. The molecule has 2 saturated heterocycles. The second-order valence-electron chi connectivity index (χ2n) is 7.87. The van der Waals surface area contributed by atoms with Crippen LogP contribution in [-0.4, -0.2) is 53.2 Å². The number of pyridine rings is 1. The van der Waals surface area contributed by atoms with Crippen molar-refractivity contribution in [2.24, 2.45) is 5.41 Å². The lowest BCUT2D eigenvalue weighted by Crippen LogP contribution is -2.55. The topological polar surface area (TPSA) is 70.6 Å². The van der Waals surface area contributed by atoms with Crippen molar-refractivity contribution in [3.8, 4) is 0 Å². The second kappa shape index (κ2) is 5.77. The largest absolute Gasteiger partial charge is 0.335 e. The summed E-state index contributed by atoms with van der Waals surface area (Å²) in [4.78, 5) is 18.5. The summed E-state index contributed by atoms with van der Waals surface area (Å²) in [5.41, 5.74) is -0.166. The quantitative estimate of drug-likeness (QED) is 0.806. The Bertz CT molecular complexity index is 782. The van der Waals surface area contributed by atoms with Gasteiger partial charge in [0.1, 0.15) is 4.90 Å². The molecule has 7 heteroatoms. The fraction of sp³-hybridized carbons (Fsp3) is 0.667. The normalized spacial score (nSPS) is 35.4. The summed E-state index contributed by atoms with van der Waals surface area (Å²) < 4.78 is 28.3. The first-order valence-electron chi connectivity index (χ1n) is 9.06. The van der Waals surface area contributed by atoms with Crippen molar-refractivity contribution in [1.29, 1.82) is 0 Å². The van der Waals surface area contributed by atoms with Crippen molar-refractivity contribution in [3.05, 3.63) is 24.5 Å². The highest BCUT2D eigenvalue weighted by molar-refractivity contribution is 7.89. The van der Waals surface area contributed by atoms with Gasteiger partial charge in [-0.3, -0.25) is 9.78 Å². The standard InChI is InChI=1S/C18H25N3O3S/c1-13(22)21-14-10-18(2)16(7-3-4-8-17(18)21)20(12-14)25(23,24)15-6-5-9-19-11-15/h5-6,9,11,14,16-17H,3-4,7-8,10,12H2,1-2H3/t14-,16+,17-,18+/m0/s1. The molecule has 3 heterocycles. The zero-order valence-electron chi connectivity index (χ0n) is 14.8. The number of hydrogen-bond donors (Lipinski definition) is 0. The van der Waals surface area contributed by atoms with Crippen molar-refractivity contribution >= 4 is 15.9 Å². The molecule has 136 valence electrons. The molecule has 6 nitrogen and oxygen atoms in total. The van der Waals surface area contributed by atoms with Crippen LogP contribution in [0.4, 0.5) is 0 Å². The van der Waals surface area contributed by atoms with Gasteiger partial charge in [-0.1, -0.05) is 19.8 Å². The summed E-state index contributed by atoms with van der Waals surface area (Å²) in [7, 11) is -3.61. The molecule has 1 amide bonds. The van der Waals surface area contributed by atoms with E-state index in [2.05, 4.69) is 11.9 Å². The average molecular weight is 363 g/mol. The number of piperidine rings is 1. The highest BCUT2D eigenvalue weighted by Crippen LogP contribution is 2.54. The lowest BCUT2D eigenvalue weighted by atomic mass is 9.72. The molecule has 2 aliphatic heterocycles. The Labute approximate surface area is 149 Å². The van der Waals surface area contributed by atoms with Gasteiger partial charge < -0.3 is 4.90 Å². The van der Waals surface area contributed by atoms with Gasteiger partial charge in [0.05, 0.1) is 0 Å². The van der Waals surface area contributed by atoms with Crippen molar-refractivity contribution in [1.82, 2.24) is 14.2 Å². The second-order valence-corrected chi connectivity index (χ2v) is 9.76. The van der Waals surface area contributed by atoms with Gasteiger partial charge in [-0.05, 0) is 31.4 Å². The van der Waals surface area contributed by atoms with E-state index in [1.807, 2.05) is 4.90 Å². The number of sulfonamides is 1. The Hall–Kier alpha value is -1.47. The zero-order chi connectivity index (χ0) is 17.8. The maximum atomic E-state index is 13.3. The average Bonchev–Trinajstić information content (AvgIpc) is 2.70. The lowest BCUT2D eigenvalue weighted by Gasteiger charge is -2.45. The maximum Gasteiger partial charge on any atom is 0.244 e. The van der Waals surface area contributed by atoms with Crippen molar-refractivity contribution in [3.63, 3.8) is 0 Å². The Morgan fingerprint density at radius 1 is 1.28 bits per heavy atom. The monoisotopic (exact) mass is 363 g/mol. The number of carbonyl (C=O) groups excluding carboxylic acids is 1. The molecule has 0 unspecified atom stereocenters. The first-order chi connectivity index (χ1) is 11.9. The molecular formula is C18H25N3O3S. The van der Waals surface area contributed by atoms with Crippen LogP contribution in [0.5, 0.6) is 0 Å². The van der Waals surface area contributed by atoms with Crippen LogP contribution in [0.1, 0.15) is 46.0 Å². The van der Waals surface area contributed by atoms with E-state index in [9.17, 15) is 13.2 Å². The number of aromatic nitrogens is 1. The van der Waals surface area contributed by atoms with Crippen molar-refractivity contribution in [2.45, 2.75) is 69.0 Å². The van der Waals surface area contributed by atoms with Gasteiger partial charge in [0.25, 0.3) is 0 Å². The Morgan fingerprint density at radius 2 is 2.00 bits per heavy atom. The van der Waals surface area contributed by atoms with Crippen LogP contribution in [0.2, 0.25) is 0 Å². The van der Waals surface area contributed by atoms with Gasteiger partial charge in [-0.15, -0.1) is 0 Å². The van der Waals surface area contributed by atoms with E-state index in [1.165, 1.54) is 6.20 Å². The fourth-order valence-corrected chi connectivity index (χ4v) is 7.25. The molecule has 3 fully saturated rings. The lowest BCUT2D eigenvalue weighted by molar-refractivity contribution is -0.132. The van der Waals surface area contributed by atoms with E-state index in [0.717, 1.165) is 32.1 Å². The first-order valence-corrected chi connectivity index (χ1v) is 10.5. The fourth-order valence-electron chi connectivity index (χ4n) is 5.48. The molecule has 1 aliphatic carbocycles. The third-order valence-corrected chi connectivity index (χ3v) is 8.33. The summed E-state index contributed by atoms with van der Waals surface area (Å²) in [6.45, 7) is 4.20. The minimum absolute atomic E-state index is 0.0201. The number of likely N-dealkylation sites (tertiary alicyclic amines) is 1. The number of nitrogens with zero attached hydrogens (tertiary/aromatic N) is 3. The van der Waals surface area contributed by atoms with Crippen LogP contribution < -0.4 is 0 Å². The minimum Gasteiger partial charge on any atom is -0.335 e. The molecule has 1 aromatic rings. The number of rotatable bonds is 2. The third-order valence-electron chi connectivity index (χ3n) is 6.48. The SMILES string of the molecule is CC(=O)N1[C@@H]2CN(S(=O)(=O)c3cccnc3)[C@@H]3CCCC[C@H]1[C@]3(C)C2. The van der Waals surface area contributed by atoms with Gasteiger partial charge >= 0.3 is 0 Å². The van der Waals surface area contributed by atoms with Crippen molar-refractivity contribution < 1.29 is 13.2 Å². The van der Waals surface area contributed by atoms with E-state index in [0.29, 0.717) is 6.54 Å². The molecule has 25 heavy (non-hydrogen) atoms. The Balaban J connectivity index is 1.80. The van der Waals surface area contributed by atoms with Gasteiger partial charge in [0.2, 0.25) is 15.9 Å². The number of fused-ring (bicyclic) bond motifs is 1. The predicted molar refractivity (Wildman–Crippen MR) is 93.2 cm³/mol. The summed E-state index contributed by atoms with van der Waals surface area (Å²) in [6, 6.07) is 3.35. The van der Waals surface area contributed by atoms with Crippen LogP contribution in [0.15, 0.2) is 29.4 Å². The molecule has 0 aromatic carbocycles. The zero-order valence-corrected chi connectivity index (χ0v) is 15.6. The summed E-state index contributed by atoms with van der Waals surface area (Å²) in [5.74, 6) is 0.0694. The molecule has 4 atom stereocenters. The van der Waals surface area contributed by atoms with E-state index in [4.69, 9.17) is 0 Å². The molecular weight excluding hydrogens is 338 g/mol. The summed E-state index contributed by atoms with van der Waals surface area (Å²) in [5, 5.41) is 0. The highest BCUT2D eigenvalue weighted by atomic mass is 32.2. The summed E-state index contributed by atoms with van der Waals surface area (Å²) in [6.07, 6.45) is 7.81. The minimum atomic E-state index is -3.61. The van der Waals surface area contributed by atoms with Crippen LogP contribution in [-0.2, 0) is 14.8 Å². The van der Waals surface area contributed by atoms with Gasteiger partial charge in [-0.2, -0.15) is 4.31 Å². The Morgan fingerprint density at radius 3 is 2.64 bits per heavy atom. The Kier molecular flexibility index (Phi) is 3.92. The number of amides is 1. The predicted octanol–water partition coefficient (Wildman–Crippen LogP) is 2.02. The molecule has 4 rings (SSSR count). The first kappa shape index (κ1) is 17.0. The smallest absolute Gasteiger partial charge is 0.244 e. The van der Waals surface area contributed by atoms with Gasteiger partial charge in [0.15, 0.2) is 0 Å². The van der Waals surface area contributed by atoms with Crippen molar-refractivity contribution in [2.75, 3.05) is 6.54 Å². The maximum absolute atomic E-state index is 13.3. The van der Waals surface area contributed by atoms with E-state index in [-0.39, 0.29) is 34.3 Å². The van der Waals surface area contributed by atoms with E-state index >= 15 is 0 Å². The van der Waals surface area contributed by atoms with Crippen LogP contribution in [0.3, 0.4) is 0 Å². The number of hydrogen-bond acceptors (Lipinski definition) is 4. The molecule has 0 N–H and O–H groups in total. The summed E-state index contributed by atoms with van der Waals surface area (Å²) >= 11 is 0. The molecule has 1 aromatic heterocycles. The molecule has 0 radical (unpaired) electrons. The molecule has 1 saturated carbocycles. The van der Waals surface area contributed by atoms with E-state index < -0.39 is 10.0 Å². The molecule has 2 bridgehead atoms. The molecule has 0 spiro atoms.